The molecule has 0 spiro atoms. The number of primary amides is 1. The average molecular weight is 336 g/mol. The van der Waals surface area contributed by atoms with Gasteiger partial charge >= 0.3 is 0 Å². The summed E-state index contributed by atoms with van der Waals surface area (Å²) in [7, 11) is 0. The molecule has 4 heteroatoms. The molecule has 2 N–H and O–H groups in total. The lowest BCUT2D eigenvalue weighted by Crippen LogP contribution is -2.46. The van der Waals surface area contributed by atoms with Crippen LogP contribution in [-0.4, -0.2) is 43.7 Å². The zero-order chi connectivity index (χ0) is 17.3. The van der Waals surface area contributed by atoms with Crippen LogP contribution >= 0.6 is 0 Å². The van der Waals surface area contributed by atoms with Crippen molar-refractivity contribution < 1.29 is 9.53 Å². The van der Waals surface area contributed by atoms with E-state index in [0.717, 1.165) is 32.7 Å². The lowest BCUT2D eigenvalue weighted by molar-refractivity contribution is -0.125. The van der Waals surface area contributed by atoms with Crippen molar-refractivity contribution in [3.8, 4) is 0 Å². The van der Waals surface area contributed by atoms with Crippen molar-refractivity contribution in [1.82, 2.24) is 4.90 Å². The number of amides is 1. The molecule has 1 amide bonds. The first-order valence-corrected chi connectivity index (χ1v) is 8.90. The van der Waals surface area contributed by atoms with Crippen LogP contribution in [0.15, 0.2) is 60.7 Å². The van der Waals surface area contributed by atoms with E-state index in [1.807, 2.05) is 36.4 Å². The molecule has 0 aromatic heterocycles. The fraction of sp³-hybridized carbons (Fsp3) is 0.381. The van der Waals surface area contributed by atoms with Crippen LogP contribution in [0.5, 0.6) is 0 Å². The molecule has 4 nitrogen and oxygen atoms in total. The summed E-state index contributed by atoms with van der Waals surface area (Å²) in [6.45, 7) is 3.84. The van der Waals surface area contributed by atoms with Gasteiger partial charge in [0, 0.05) is 25.0 Å². The first kappa shape index (κ1) is 16.3. The van der Waals surface area contributed by atoms with E-state index < -0.39 is 5.41 Å². The Morgan fingerprint density at radius 1 is 0.960 bits per heavy atom. The summed E-state index contributed by atoms with van der Waals surface area (Å²) in [4.78, 5) is 15.0. The first-order valence-electron chi connectivity index (χ1n) is 8.90. The largest absolute Gasteiger partial charge is 0.379 e. The van der Waals surface area contributed by atoms with Gasteiger partial charge in [-0.2, -0.15) is 0 Å². The van der Waals surface area contributed by atoms with Crippen molar-refractivity contribution in [3.05, 3.63) is 71.8 Å². The number of morpholine rings is 1. The Hall–Kier alpha value is -2.17. The van der Waals surface area contributed by atoms with Gasteiger partial charge in [0.05, 0.1) is 18.6 Å². The van der Waals surface area contributed by atoms with Crippen LogP contribution in [0.2, 0.25) is 0 Å². The molecule has 1 aliphatic carbocycles. The maximum absolute atomic E-state index is 12.7. The third-order valence-electron chi connectivity index (χ3n) is 5.86. The number of ether oxygens (including phenoxy) is 1. The molecule has 1 aliphatic heterocycles. The van der Waals surface area contributed by atoms with Crippen LogP contribution in [0, 0.1) is 5.41 Å². The minimum atomic E-state index is -0.562. The lowest BCUT2D eigenvalue weighted by Gasteiger charge is -2.33. The topological polar surface area (TPSA) is 55.6 Å². The maximum atomic E-state index is 12.7. The van der Waals surface area contributed by atoms with E-state index >= 15 is 0 Å². The quantitative estimate of drug-likeness (QED) is 0.910. The summed E-state index contributed by atoms with van der Waals surface area (Å²) in [6, 6.07) is 20.7. The van der Waals surface area contributed by atoms with Gasteiger partial charge in [-0.25, -0.2) is 0 Å². The van der Waals surface area contributed by atoms with Crippen LogP contribution in [0.25, 0.3) is 0 Å². The molecule has 0 bridgehead atoms. The zero-order valence-corrected chi connectivity index (χ0v) is 14.4. The van der Waals surface area contributed by atoms with Gasteiger partial charge in [0.25, 0.3) is 0 Å². The van der Waals surface area contributed by atoms with Crippen molar-refractivity contribution in [3.63, 3.8) is 0 Å². The fourth-order valence-electron chi connectivity index (χ4n) is 4.48. The Morgan fingerprint density at radius 3 is 1.96 bits per heavy atom. The number of hydrogen-bond donors (Lipinski definition) is 1. The number of rotatable bonds is 5. The monoisotopic (exact) mass is 336 g/mol. The van der Waals surface area contributed by atoms with Crippen molar-refractivity contribution in [2.24, 2.45) is 11.1 Å². The van der Waals surface area contributed by atoms with Crippen molar-refractivity contribution in [2.45, 2.75) is 11.8 Å². The minimum absolute atomic E-state index is 0.202. The van der Waals surface area contributed by atoms with Crippen LogP contribution in [0.3, 0.4) is 0 Å². The number of carbonyl (C=O) groups excluding carboxylic acids is 1. The van der Waals surface area contributed by atoms with E-state index in [9.17, 15) is 4.79 Å². The second kappa shape index (κ2) is 6.28. The van der Waals surface area contributed by atoms with Crippen LogP contribution in [0.1, 0.15) is 17.5 Å². The molecule has 1 atom stereocenters. The van der Waals surface area contributed by atoms with Gasteiger partial charge in [0.2, 0.25) is 5.91 Å². The molecule has 2 aromatic carbocycles. The molecule has 0 radical (unpaired) electrons. The lowest BCUT2D eigenvalue weighted by atomic mass is 9.79. The standard InChI is InChI=1S/C21H24N2O2/c22-19(24)20(16-23-11-13-25-14-12-23)15-21(20,17-7-3-1-4-8-17)18-9-5-2-6-10-18/h1-10H,11-16H2,(H2,22,24). The second-order valence-corrected chi connectivity index (χ2v) is 7.15. The number of benzene rings is 2. The highest BCUT2D eigenvalue weighted by Gasteiger charge is 2.72. The molecule has 130 valence electrons. The zero-order valence-electron chi connectivity index (χ0n) is 14.4. The molecule has 2 aliphatic rings. The highest BCUT2D eigenvalue weighted by atomic mass is 16.5. The Balaban J connectivity index is 1.78. The molecule has 1 saturated carbocycles. The number of nitrogens with two attached hydrogens (primary N) is 1. The van der Waals surface area contributed by atoms with Gasteiger partial charge in [-0.3, -0.25) is 9.69 Å². The Morgan fingerprint density at radius 2 is 1.48 bits per heavy atom. The number of hydrogen-bond acceptors (Lipinski definition) is 3. The summed E-state index contributed by atoms with van der Waals surface area (Å²) in [5.41, 5.74) is 7.46. The molecule has 2 fully saturated rings. The van der Waals surface area contributed by atoms with Gasteiger partial charge in [-0.15, -0.1) is 0 Å². The predicted molar refractivity (Wildman–Crippen MR) is 97.2 cm³/mol. The number of nitrogens with zero attached hydrogens (tertiary/aromatic N) is 1. The summed E-state index contributed by atoms with van der Waals surface area (Å²) < 4.78 is 5.46. The van der Waals surface area contributed by atoms with Crippen LogP contribution in [0.4, 0.5) is 0 Å². The predicted octanol–water partition coefficient (Wildman–Crippen LogP) is 2.18. The highest BCUT2D eigenvalue weighted by Crippen LogP contribution is 2.68. The molecule has 1 unspecified atom stereocenters. The first-order chi connectivity index (χ1) is 12.2. The van der Waals surface area contributed by atoms with E-state index in [2.05, 4.69) is 29.2 Å². The van der Waals surface area contributed by atoms with Gasteiger partial charge < -0.3 is 10.5 Å². The van der Waals surface area contributed by atoms with Crippen molar-refractivity contribution in [1.29, 1.82) is 0 Å². The maximum Gasteiger partial charge on any atom is 0.226 e. The van der Waals surface area contributed by atoms with E-state index in [4.69, 9.17) is 10.5 Å². The molecule has 25 heavy (non-hydrogen) atoms. The van der Waals surface area contributed by atoms with E-state index in [1.54, 1.807) is 0 Å². The van der Waals surface area contributed by atoms with E-state index in [0.29, 0.717) is 6.54 Å². The van der Waals surface area contributed by atoms with E-state index in [1.165, 1.54) is 11.1 Å². The smallest absolute Gasteiger partial charge is 0.226 e. The fourth-order valence-corrected chi connectivity index (χ4v) is 4.48. The van der Waals surface area contributed by atoms with Crippen molar-refractivity contribution >= 4 is 5.91 Å². The van der Waals surface area contributed by atoms with Gasteiger partial charge in [-0.05, 0) is 17.5 Å². The summed E-state index contributed by atoms with van der Waals surface area (Å²) in [5, 5.41) is 0. The number of carbonyl (C=O) groups is 1. The molecular weight excluding hydrogens is 312 g/mol. The molecule has 2 aromatic rings. The third-order valence-corrected chi connectivity index (χ3v) is 5.86. The average Bonchev–Trinajstić information content (AvgIpc) is 3.35. The summed E-state index contributed by atoms with van der Waals surface area (Å²) >= 11 is 0. The van der Waals surface area contributed by atoms with Gasteiger partial charge in [0.1, 0.15) is 0 Å². The summed E-state index contributed by atoms with van der Waals surface area (Å²) in [6.07, 6.45) is 0.765. The Labute approximate surface area is 148 Å². The van der Waals surface area contributed by atoms with Crippen LogP contribution < -0.4 is 5.73 Å². The third kappa shape index (κ3) is 2.57. The van der Waals surface area contributed by atoms with Crippen LogP contribution in [-0.2, 0) is 14.9 Å². The summed E-state index contributed by atoms with van der Waals surface area (Å²) in [5.74, 6) is -0.202. The molecule has 4 rings (SSSR count). The van der Waals surface area contributed by atoms with Gasteiger partial charge in [0.15, 0.2) is 0 Å². The van der Waals surface area contributed by atoms with E-state index in [-0.39, 0.29) is 11.3 Å². The van der Waals surface area contributed by atoms with Gasteiger partial charge in [-0.1, -0.05) is 60.7 Å². The molecule has 1 heterocycles. The van der Waals surface area contributed by atoms with Crippen molar-refractivity contribution in [2.75, 3.05) is 32.8 Å². The molecule has 1 saturated heterocycles. The highest BCUT2D eigenvalue weighted by molar-refractivity contribution is 5.89. The second-order valence-electron chi connectivity index (χ2n) is 7.15. The normalized spacial score (nSPS) is 25.4. The minimum Gasteiger partial charge on any atom is -0.379 e. The Bertz CT molecular complexity index is 702. The Kier molecular flexibility index (Phi) is 4.10. The SMILES string of the molecule is NC(=O)C1(CN2CCOCC2)CC1(c1ccccc1)c1ccccc1. The molecular formula is C21H24N2O2.